The molecule has 80 valence electrons. The van der Waals surface area contributed by atoms with E-state index in [1.54, 1.807) is 0 Å². The maximum absolute atomic E-state index is 14.3. The van der Waals surface area contributed by atoms with Gasteiger partial charge in [0.1, 0.15) is 5.67 Å². The quantitative estimate of drug-likeness (QED) is 0.634. The van der Waals surface area contributed by atoms with Gasteiger partial charge in [0.2, 0.25) is 0 Å². The monoisotopic (exact) mass is 197 g/mol. The third-order valence-corrected chi connectivity index (χ3v) is 5.11. The Bertz CT molecular complexity index is 267. The summed E-state index contributed by atoms with van der Waals surface area (Å²) in [5, 5.41) is 0. The first kappa shape index (κ1) is 9.14. The number of halogens is 1. The molecular formula is C12H20FN. The Hall–Kier alpha value is -0.110. The Morgan fingerprint density at radius 1 is 1.21 bits per heavy atom. The number of nitrogens with two attached hydrogens (primary N) is 1. The van der Waals surface area contributed by atoms with Crippen molar-refractivity contribution in [2.75, 3.05) is 0 Å². The lowest BCUT2D eigenvalue weighted by Gasteiger charge is -2.22. The summed E-state index contributed by atoms with van der Waals surface area (Å²) in [5.41, 5.74) is 5.06. The molecule has 2 N–H and O–H groups in total. The maximum atomic E-state index is 14.3. The van der Waals surface area contributed by atoms with Gasteiger partial charge in [-0.2, -0.15) is 0 Å². The summed E-state index contributed by atoms with van der Waals surface area (Å²) in [7, 11) is 0. The van der Waals surface area contributed by atoms with E-state index in [-0.39, 0.29) is 17.4 Å². The van der Waals surface area contributed by atoms with Crippen LogP contribution in [0.25, 0.3) is 0 Å². The molecule has 0 aromatic rings. The third kappa shape index (κ3) is 0.843. The molecule has 0 radical (unpaired) electrons. The molecule has 3 saturated carbocycles. The number of rotatable bonds is 0. The van der Waals surface area contributed by atoms with Crippen LogP contribution < -0.4 is 5.73 Å². The van der Waals surface area contributed by atoms with Crippen LogP contribution in [0.15, 0.2) is 0 Å². The molecule has 3 aliphatic carbocycles. The molecule has 2 heteroatoms. The molecule has 3 aliphatic rings. The zero-order valence-corrected chi connectivity index (χ0v) is 8.93. The van der Waals surface area contributed by atoms with Crippen molar-refractivity contribution in [3.05, 3.63) is 0 Å². The van der Waals surface area contributed by atoms with Crippen LogP contribution in [0.4, 0.5) is 4.39 Å². The van der Waals surface area contributed by atoms with E-state index in [1.165, 1.54) is 19.3 Å². The van der Waals surface area contributed by atoms with E-state index in [2.05, 4.69) is 6.92 Å². The second-order valence-electron chi connectivity index (χ2n) is 5.80. The lowest BCUT2D eigenvalue weighted by atomic mass is 9.92. The first-order valence-electron chi connectivity index (χ1n) is 6.07. The topological polar surface area (TPSA) is 26.0 Å². The van der Waals surface area contributed by atoms with E-state index in [9.17, 15) is 4.39 Å². The van der Waals surface area contributed by atoms with Gasteiger partial charge >= 0.3 is 0 Å². The Kier molecular flexibility index (Phi) is 1.65. The molecular weight excluding hydrogens is 177 g/mol. The van der Waals surface area contributed by atoms with Gasteiger partial charge in [-0.3, -0.25) is 0 Å². The van der Waals surface area contributed by atoms with Crippen LogP contribution in [0.2, 0.25) is 0 Å². The lowest BCUT2D eigenvalue weighted by molar-refractivity contribution is 0.146. The van der Waals surface area contributed by atoms with Crippen molar-refractivity contribution in [1.29, 1.82) is 0 Å². The highest BCUT2D eigenvalue weighted by atomic mass is 19.1. The molecule has 0 aliphatic heterocycles. The van der Waals surface area contributed by atoms with Crippen molar-refractivity contribution >= 4 is 0 Å². The number of alkyl halides is 1. The molecule has 1 nitrogen and oxygen atoms in total. The average molecular weight is 197 g/mol. The highest BCUT2D eigenvalue weighted by molar-refractivity contribution is 5.44. The lowest BCUT2D eigenvalue weighted by Crippen LogP contribution is -2.34. The minimum absolute atomic E-state index is 0.0307. The van der Waals surface area contributed by atoms with Crippen molar-refractivity contribution in [2.45, 2.75) is 57.2 Å². The van der Waals surface area contributed by atoms with Crippen LogP contribution >= 0.6 is 0 Å². The summed E-state index contributed by atoms with van der Waals surface area (Å²) in [4.78, 5) is 0. The van der Waals surface area contributed by atoms with Crippen molar-refractivity contribution in [3.8, 4) is 0 Å². The predicted molar refractivity (Wildman–Crippen MR) is 54.6 cm³/mol. The fraction of sp³-hybridized carbons (Fsp3) is 1.00. The van der Waals surface area contributed by atoms with E-state index in [0.29, 0.717) is 0 Å². The van der Waals surface area contributed by atoms with Gasteiger partial charge in [-0.15, -0.1) is 0 Å². The fourth-order valence-corrected chi connectivity index (χ4v) is 4.07. The smallest absolute Gasteiger partial charge is 0.123 e. The average Bonchev–Trinajstić information content (AvgIpc) is 2.90. The zero-order chi connectivity index (χ0) is 9.97. The van der Waals surface area contributed by atoms with Crippen LogP contribution in [-0.4, -0.2) is 11.7 Å². The zero-order valence-electron chi connectivity index (χ0n) is 8.93. The maximum Gasteiger partial charge on any atom is 0.123 e. The third-order valence-electron chi connectivity index (χ3n) is 5.11. The van der Waals surface area contributed by atoms with Gasteiger partial charge in [-0.05, 0) is 25.2 Å². The van der Waals surface area contributed by atoms with Crippen molar-refractivity contribution in [1.82, 2.24) is 0 Å². The number of fused-ring (bicyclic) bond motifs is 1. The Morgan fingerprint density at radius 3 is 2.50 bits per heavy atom. The van der Waals surface area contributed by atoms with Crippen LogP contribution in [0.5, 0.6) is 0 Å². The van der Waals surface area contributed by atoms with Crippen molar-refractivity contribution < 1.29 is 4.39 Å². The summed E-state index contributed by atoms with van der Waals surface area (Å²) < 4.78 is 14.3. The Labute approximate surface area is 85.2 Å². The Balaban J connectivity index is 1.73. The summed E-state index contributed by atoms with van der Waals surface area (Å²) in [5.74, 6) is 1.05. The Morgan fingerprint density at radius 2 is 1.86 bits per heavy atom. The molecule has 3 rings (SSSR count). The summed E-state index contributed by atoms with van der Waals surface area (Å²) in [6, 6.07) is 0.209. The van der Waals surface area contributed by atoms with E-state index < -0.39 is 5.67 Å². The molecule has 0 aromatic carbocycles. The van der Waals surface area contributed by atoms with Crippen molar-refractivity contribution in [3.63, 3.8) is 0 Å². The van der Waals surface area contributed by atoms with Crippen molar-refractivity contribution in [2.24, 2.45) is 23.0 Å². The largest absolute Gasteiger partial charge is 0.327 e. The molecule has 1 spiro atoms. The molecule has 0 amide bonds. The molecule has 0 heterocycles. The van der Waals surface area contributed by atoms with Gasteiger partial charge < -0.3 is 5.73 Å². The minimum Gasteiger partial charge on any atom is -0.327 e. The second-order valence-corrected chi connectivity index (χ2v) is 5.80. The van der Waals surface area contributed by atoms with E-state index >= 15 is 0 Å². The molecule has 3 fully saturated rings. The molecule has 0 saturated heterocycles. The van der Waals surface area contributed by atoms with Crippen LogP contribution in [-0.2, 0) is 0 Å². The van der Waals surface area contributed by atoms with Crippen LogP contribution in [0.1, 0.15) is 45.4 Å². The van der Waals surface area contributed by atoms with E-state index in [0.717, 1.165) is 25.2 Å². The van der Waals surface area contributed by atoms with Gasteiger partial charge in [0.25, 0.3) is 0 Å². The highest BCUT2D eigenvalue weighted by Gasteiger charge is 2.94. The standard InChI is InChI=1S/C12H20FN/c1-8-4-2-6-11-9(10(11)14)12(11,13)7-3-5-8/h8-10H,2-7,14H2,1H3. The predicted octanol–water partition coefficient (Wildman–Crippen LogP) is 2.64. The van der Waals surface area contributed by atoms with Crippen LogP contribution in [0, 0.1) is 17.3 Å². The molecule has 5 unspecified atom stereocenters. The first-order valence-corrected chi connectivity index (χ1v) is 6.07. The second kappa shape index (κ2) is 2.52. The van der Waals surface area contributed by atoms with Gasteiger partial charge in [-0.25, -0.2) is 4.39 Å². The summed E-state index contributed by atoms with van der Waals surface area (Å²) in [6.45, 7) is 2.30. The molecule has 0 bridgehead atoms. The van der Waals surface area contributed by atoms with Gasteiger partial charge in [-0.1, -0.05) is 26.2 Å². The molecule has 14 heavy (non-hydrogen) atoms. The normalized spacial score (nSPS) is 61.5. The number of hydrogen-bond acceptors (Lipinski definition) is 1. The SMILES string of the molecule is CC1CCCC2(F)C3C(N)C32CCC1. The highest BCUT2D eigenvalue weighted by Crippen LogP contribution is 2.86. The van der Waals surface area contributed by atoms with E-state index in [1.807, 2.05) is 0 Å². The van der Waals surface area contributed by atoms with Gasteiger partial charge in [0, 0.05) is 17.4 Å². The molecule has 5 atom stereocenters. The summed E-state index contributed by atoms with van der Waals surface area (Å²) >= 11 is 0. The van der Waals surface area contributed by atoms with Crippen LogP contribution in [0.3, 0.4) is 0 Å². The minimum atomic E-state index is -0.823. The molecule has 0 aromatic heterocycles. The number of hydrogen-bond donors (Lipinski definition) is 1. The first-order chi connectivity index (χ1) is 6.63. The van der Waals surface area contributed by atoms with E-state index in [4.69, 9.17) is 5.73 Å². The van der Waals surface area contributed by atoms with Gasteiger partial charge in [0.05, 0.1) is 0 Å². The van der Waals surface area contributed by atoms with Gasteiger partial charge in [0.15, 0.2) is 0 Å². The fourth-order valence-electron chi connectivity index (χ4n) is 4.07. The summed E-state index contributed by atoms with van der Waals surface area (Å²) in [6.07, 6.45) is 6.59.